The smallest absolute Gasteiger partial charge is 0.327 e. The lowest BCUT2D eigenvalue weighted by atomic mass is 10.5. The molecule has 8 heteroatoms. The Morgan fingerprint density at radius 1 is 1.79 bits per heavy atom. The van der Waals surface area contributed by atoms with Gasteiger partial charge in [-0.2, -0.15) is 4.37 Å². The van der Waals surface area contributed by atoms with Crippen LogP contribution in [0.15, 0.2) is 4.34 Å². The number of thioether (sulfide) groups is 1. The van der Waals surface area contributed by atoms with Gasteiger partial charge in [-0.25, -0.2) is 10.8 Å². The Morgan fingerprint density at radius 2 is 2.57 bits per heavy atom. The fourth-order valence-electron chi connectivity index (χ4n) is 0.675. The zero-order valence-corrected chi connectivity index (χ0v) is 9.15. The van der Waals surface area contributed by atoms with E-state index in [1.165, 1.54) is 23.3 Å². The molecule has 0 saturated carbocycles. The molecule has 1 rings (SSSR count). The molecule has 0 radical (unpaired) electrons. The lowest BCUT2D eigenvalue weighted by Crippen LogP contribution is -2.26. The molecule has 0 fully saturated rings. The summed E-state index contributed by atoms with van der Waals surface area (Å²) in [6, 6.07) is 0. The number of hydrogen-bond acceptors (Lipinski definition) is 8. The Balaban J connectivity index is 2.18. The largest absolute Gasteiger partial charge is 0.356 e. The molecular weight excluding hydrogens is 224 g/mol. The number of carbonyl (C=O) groups excluding carboxylic acids is 1. The molecule has 14 heavy (non-hydrogen) atoms. The van der Waals surface area contributed by atoms with Crippen LogP contribution in [0, 0.1) is 6.92 Å². The standard InChI is InChI=1S/C6H10N4O2S2/c1-4-8-6(14-9-4)13-3-2-5(11)12-10-7/h10H,2-3,7H2,1H3. The van der Waals surface area contributed by atoms with Crippen molar-refractivity contribution in [3.05, 3.63) is 5.82 Å². The van der Waals surface area contributed by atoms with Crippen molar-refractivity contribution in [2.75, 3.05) is 5.75 Å². The lowest BCUT2D eigenvalue weighted by Gasteiger charge is -1.98. The number of rotatable bonds is 5. The van der Waals surface area contributed by atoms with Gasteiger partial charge in [0.1, 0.15) is 5.82 Å². The molecule has 0 aliphatic rings. The molecule has 0 bridgehead atoms. The fourth-order valence-corrected chi connectivity index (χ4v) is 2.31. The van der Waals surface area contributed by atoms with Gasteiger partial charge in [0.05, 0.1) is 6.42 Å². The molecule has 0 aromatic carbocycles. The number of nitrogens with two attached hydrogens (primary N) is 1. The van der Waals surface area contributed by atoms with Crippen LogP contribution in [0.3, 0.4) is 0 Å². The summed E-state index contributed by atoms with van der Waals surface area (Å²) in [5.74, 6) is 5.77. The van der Waals surface area contributed by atoms with Crippen molar-refractivity contribution in [1.82, 2.24) is 14.9 Å². The van der Waals surface area contributed by atoms with Gasteiger partial charge in [0.2, 0.25) is 0 Å². The maximum absolute atomic E-state index is 10.8. The fraction of sp³-hybridized carbons (Fsp3) is 0.500. The summed E-state index contributed by atoms with van der Waals surface area (Å²) >= 11 is 2.79. The van der Waals surface area contributed by atoms with Crippen molar-refractivity contribution >= 4 is 29.3 Å². The van der Waals surface area contributed by atoms with Crippen LogP contribution < -0.4 is 11.4 Å². The number of aryl methyl sites for hydroxylation is 1. The number of hydrazine groups is 1. The second-order valence-electron chi connectivity index (χ2n) is 2.30. The Bertz CT molecular complexity index is 304. The van der Waals surface area contributed by atoms with Crippen LogP contribution in [0.4, 0.5) is 0 Å². The second-order valence-corrected chi connectivity index (χ2v) is 4.39. The van der Waals surface area contributed by atoms with Gasteiger partial charge in [0, 0.05) is 5.75 Å². The highest BCUT2D eigenvalue weighted by atomic mass is 32.2. The summed E-state index contributed by atoms with van der Waals surface area (Å²) in [7, 11) is 0. The van der Waals surface area contributed by atoms with Gasteiger partial charge < -0.3 is 4.84 Å². The summed E-state index contributed by atoms with van der Waals surface area (Å²) < 4.78 is 4.87. The first-order valence-electron chi connectivity index (χ1n) is 3.80. The Hall–Kier alpha value is -0.700. The summed E-state index contributed by atoms with van der Waals surface area (Å²) in [6.07, 6.45) is 0.285. The summed E-state index contributed by atoms with van der Waals surface area (Å²) in [5, 5.41) is 0. The Kier molecular flexibility index (Phi) is 4.80. The summed E-state index contributed by atoms with van der Waals surface area (Å²) in [6.45, 7) is 1.83. The van der Waals surface area contributed by atoms with Crippen molar-refractivity contribution in [2.45, 2.75) is 17.7 Å². The molecule has 0 unspecified atom stereocenters. The van der Waals surface area contributed by atoms with Crippen LogP contribution in [0.1, 0.15) is 12.2 Å². The van der Waals surface area contributed by atoms with Gasteiger partial charge in [0.15, 0.2) is 4.34 Å². The van der Waals surface area contributed by atoms with Crippen molar-refractivity contribution in [1.29, 1.82) is 0 Å². The van der Waals surface area contributed by atoms with E-state index in [-0.39, 0.29) is 12.4 Å². The van der Waals surface area contributed by atoms with E-state index in [1.807, 2.05) is 12.5 Å². The van der Waals surface area contributed by atoms with Gasteiger partial charge in [-0.3, -0.25) is 4.79 Å². The minimum absolute atomic E-state index is 0.285. The molecule has 0 spiro atoms. The molecule has 0 aliphatic heterocycles. The quantitative estimate of drug-likeness (QED) is 0.429. The molecule has 0 amide bonds. The molecule has 1 aromatic rings. The number of nitrogens with zero attached hydrogens (tertiary/aromatic N) is 2. The van der Waals surface area contributed by atoms with Crippen molar-refractivity contribution in [3.8, 4) is 0 Å². The van der Waals surface area contributed by atoms with Gasteiger partial charge in [0.25, 0.3) is 0 Å². The number of hydrogen-bond donors (Lipinski definition) is 2. The first-order chi connectivity index (χ1) is 6.72. The predicted octanol–water partition coefficient (Wildman–Crippen LogP) is 0.250. The van der Waals surface area contributed by atoms with Crippen LogP contribution in [-0.4, -0.2) is 21.1 Å². The molecule has 1 heterocycles. The lowest BCUT2D eigenvalue weighted by molar-refractivity contribution is -0.150. The highest BCUT2D eigenvalue weighted by Crippen LogP contribution is 2.20. The first-order valence-corrected chi connectivity index (χ1v) is 5.56. The molecule has 0 atom stereocenters. The minimum Gasteiger partial charge on any atom is -0.356 e. The van der Waals surface area contributed by atoms with E-state index < -0.39 is 0 Å². The molecule has 0 saturated heterocycles. The van der Waals surface area contributed by atoms with Crippen molar-refractivity contribution in [2.24, 2.45) is 5.84 Å². The van der Waals surface area contributed by atoms with E-state index in [1.54, 1.807) is 0 Å². The molecule has 1 aromatic heterocycles. The van der Waals surface area contributed by atoms with Crippen LogP contribution in [0.25, 0.3) is 0 Å². The third kappa shape index (κ3) is 4.01. The molecule has 3 N–H and O–H groups in total. The number of nitrogens with one attached hydrogen (secondary N) is 1. The van der Waals surface area contributed by atoms with E-state index in [9.17, 15) is 4.79 Å². The van der Waals surface area contributed by atoms with Gasteiger partial charge >= 0.3 is 5.97 Å². The van der Waals surface area contributed by atoms with E-state index >= 15 is 0 Å². The minimum atomic E-state index is -0.388. The van der Waals surface area contributed by atoms with Crippen molar-refractivity contribution in [3.63, 3.8) is 0 Å². The van der Waals surface area contributed by atoms with Gasteiger partial charge in [-0.1, -0.05) is 17.4 Å². The first kappa shape index (κ1) is 11.4. The van der Waals surface area contributed by atoms with E-state index in [0.29, 0.717) is 5.75 Å². The third-order valence-electron chi connectivity index (χ3n) is 1.21. The van der Waals surface area contributed by atoms with E-state index in [2.05, 4.69) is 14.2 Å². The SMILES string of the molecule is Cc1nsc(SCCC(=O)ONN)n1. The maximum atomic E-state index is 10.8. The highest BCUT2D eigenvalue weighted by Gasteiger charge is 2.05. The van der Waals surface area contributed by atoms with E-state index in [4.69, 9.17) is 5.84 Å². The van der Waals surface area contributed by atoms with Crippen LogP contribution in [0.5, 0.6) is 0 Å². The summed E-state index contributed by atoms with van der Waals surface area (Å²) in [4.78, 5) is 19.3. The Morgan fingerprint density at radius 3 is 3.14 bits per heavy atom. The Labute approximate surface area is 89.3 Å². The zero-order chi connectivity index (χ0) is 10.4. The molecular formula is C6H10N4O2S2. The van der Waals surface area contributed by atoms with Gasteiger partial charge in [-0.15, -0.1) is 0 Å². The molecule has 6 nitrogen and oxygen atoms in total. The number of aromatic nitrogens is 2. The van der Waals surface area contributed by atoms with Crippen LogP contribution in [-0.2, 0) is 9.63 Å². The van der Waals surface area contributed by atoms with Gasteiger partial charge in [-0.05, 0) is 18.5 Å². The van der Waals surface area contributed by atoms with Crippen molar-refractivity contribution < 1.29 is 9.63 Å². The average Bonchev–Trinajstić information content (AvgIpc) is 2.52. The third-order valence-corrected chi connectivity index (χ3v) is 3.14. The topological polar surface area (TPSA) is 90.1 Å². The highest BCUT2D eigenvalue weighted by molar-refractivity contribution is 8.00. The normalized spacial score (nSPS) is 10.1. The zero-order valence-electron chi connectivity index (χ0n) is 7.52. The molecule has 78 valence electrons. The van der Waals surface area contributed by atoms with Crippen LogP contribution >= 0.6 is 23.3 Å². The molecule has 0 aliphatic carbocycles. The second kappa shape index (κ2) is 5.91. The maximum Gasteiger partial charge on any atom is 0.327 e. The number of carbonyl (C=O) groups is 1. The monoisotopic (exact) mass is 234 g/mol. The van der Waals surface area contributed by atoms with E-state index in [0.717, 1.165) is 10.2 Å². The predicted molar refractivity (Wildman–Crippen MR) is 53.4 cm³/mol. The summed E-state index contributed by atoms with van der Waals surface area (Å²) in [5.41, 5.74) is 1.84. The average molecular weight is 234 g/mol. The van der Waals surface area contributed by atoms with Crippen LogP contribution in [0.2, 0.25) is 0 Å².